The fourth-order valence-corrected chi connectivity index (χ4v) is 1.31. The molecule has 0 aromatic carbocycles. The van der Waals surface area contributed by atoms with Gasteiger partial charge >= 0.3 is 0 Å². The van der Waals surface area contributed by atoms with E-state index in [9.17, 15) is 0 Å². The molecule has 0 spiro atoms. The third-order valence-corrected chi connectivity index (χ3v) is 2.10. The van der Waals surface area contributed by atoms with Crippen LogP contribution in [-0.2, 0) is 4.74 Å². The van der Waals surface area contributed by atoms with E-state index in [0.29, 0.717) is 12.1 Å². The van der Waals surface area contributed by atoms with Gasteiger partial charge in [0.2, 0.25) is 0 Å². The molecule has 1 aliphatic carbocycles. The van der Waals surface area contributed by atoms with Gasteiger partial charge in [0.1, 0.15) is 0 Å². The number of nitrogens with one attached hydrogen (secondary N) is 1. The van der Waals surface area contributed by atoms with Crippen molar-refractivity contribution >= 4 is 0 Å². The molecule has 1 fully saturated rings. The van der Waals surface area contributed by atoms with Gasteiger partial charge in [0.25, 0.3) is 0 Å². The van der Waals surface area contributed by atoms with Crippen molar-refractivity contribution in [1.82, 2.24) is 5.32 Å². The van der Waals surface area contributed by atoms with E-state index in [2.05, 4.69) is 5.32 Å². The summed E-state index contributed by atoms with van der Waals surface area (Å²) in [7, 11) is 0. The Morgan fingerprint density at radius 1 is 1.50 bits per heavy atom. The minimum atomic E-state index is -0.0616. The normalized spacial score (nSPS) is 29.0. The maximum Gasteiger partial charge on any atom is 0.0594 e. The van der Waals surface area contributed by atoms with Crippen LogP contribution < -0.4 is 5.32 Å². The second-order valence-corrected chi connectivity index (χ2v) is 3.70. The quantitative estimate of drug-likeness (QED) is 0.596. The van der Waals surface area contributed by atoms with E-state index >= 15 is 0 Å². The van der Waals surface area contributed by atoms with Gasteiger partial charge < -0.3 is 15.2 Å². The van der Waals surface area contributed by atoms with E-state index in [1.807, 2.05) is 13.8 Å². The molecule has 0 aromatic rings. The zero-order valence-electron chi connectivity index (χ0n) is 7.92. The summed E-state index contributed by atoms with van der Waals surface area (Å²) in [5.41, 5.74) is 0. The number of rotatable bonds is 5. The average Bonchev–Trinajstić information content (AvgIpc) is 1.93. The first-order valence-electron chi connectivity index (χ1n) is 4.71. The maximum absolute atomic E-state index is 8.99. The summed E-state index contributed by atoms with van der Waals surface area (Å²) in [6.45, 7) is 5.74. The second kappa shape index (κ2) is 4.80. The van der Waals surface area contributed by atoms with Crippen molar-refractivity contribution in [1.29, 1.82) is 0 Å². The highest BCUT2D eigenvalue weighted by Gasteiger charge is 2.25. The van der Waals surface area contributed by atoms with E-state index in [4.69, 9.17) is 9.84 Å². The monoisotopic (exact) mass is 173 g/mol. The highest BCUT2D eigenvalue weighted by molar-refractivity contribution is 4.84. The van der Waals surface area contributed by atoms with Crippen molar-refractivity contribution in [3.8, 4) is 0 Å². The Balaban J connectivity index is 1.83. The number of ether oxygens (including phenoxy) is 1. The lowest BCUT2D eigenvalue weighted by Crippen LogP contribution is -2.45. The van der Waals surface area contributed by atoms with Crippen molar-refractivity contribution in [3.05, 3.63) is 0 Å². The van der Waals surface area contributed by atoms with E-state index < -0.39 is 0 Å². The van der Waals surface area contributed by atoms with Gasteiger partial charge in [-0.25, -0.2) is 0 Å². The van der Waals surface area contributed by atoms with Crippen LogP contribution in [0.15, 0.2) is 0 Å². The number of aliphatic hydroxyl groups is 1. The number of hydrogen-bond acceptors (Lipinski definition) is 3. The molecular formula is C9H19NO2. The summed E-state index contributed by atoms with van der Waals surface area (Å²) in [4.78, 5) is 0. The van der Waals surface area contributed by atoms with E-state index in [-0.39, 0.29) is 6.10 Å². The van der Waals surface area contributed by atoms with E-state index in [1.165, 1.54) is 0 Å². The Bertz CT molecular complexity index is 122. The van der Waals surface area contributed by atoms with Crippen LogP contribution in [0, 0.1) is 0 Å². The fourth-order valence-electron chi connectivity index (χ4n) is 1.31. The van der Waals surface area contributed by atoms with Crippen LogP contribution in [0.5, 0.6) is 0 Å². The predicted octanol–water partition coefficient (Wildman–Crippen LogP) is 0.524. The first-order valence-corrected chi connectivity index (χ1v) is 4.71. The lowest BCUT2D eigenvalue weighted by Gasteiger charge is -2.32. The van der Waals surface area contributed by atoms with Gasteiger partial charge in [-0.1, -0.05) is 0 Å². The van der Waals surface area contributed by atoms with Crippen LogP contribution in [0.25, 0.3) is 0 Å². The molecule has 0 bridgehead atoms. The molecule has 12 heavy (non-hydrogen) atoms. The molecule has 0 radical (unpaired) electrons. The first-order chi connectivity index (χ1) is 5.68. The third kappa shape index (κ3) is 3.52. The van der Waals surface area contributed by atoms with Gasteiger partial charge in [0, 0.05) is 12.6 Å². The molecule has 2 N–H and O–H groups in total. The van der Waals surface area contributed by atoms with Gasteiger partial charge in [0.15, 0.2) is 0 Å². The number of hydrogen-bond donors (Lipinski definition) is 2. The molecule has 3 nitrogen and oxygen atoms in total. The standard InChI is InChI=1S/C9H19NO2/c1-7(2)12-4-3-10-8-5-9(11)6-8/h7-11H,3-6H2,1-2H3. The Hall–Kier alpha value is -0.120. The second-order valence-electron chi connectivity index (χ2n) is 3.70. The van der Waals surface area contributed by atoms with Crippen LogP contribution in [0.2, 0.25) is 0 Å². The van der Waals surface area contributed by atoms with Gasteiger partial charge in [-0.2, -0.15) is 0 Å². The highest BCUT2D eigenvalue weighted by Crippen LogP contribution is 2.18. The summed E-state index contributed by atoms with van der Waals surface area (Å²) in [6.07, 6.45) is 2.07. The molecule has 1 rings (SSSR count). The molecule has 0 saturated heterocycles. The first kappa shape index (κ1) is 9.96. The molecule has 0 unspecified atom stereocenters. The molecule has 72 valence electrons. The Labute approximate surface area is 74.1 Å². The topological polar surface area (TPSA) is 41.5 Å². The molecule has 0 aromatic heterocycles. The van der Waals surface area contributed by atoms with Gasteiger partial charge in [-0.3, -0.25) is 0 Å². The predicted molar refractivity (Wildman–Crippen MR) is 48.1 cm³/mol. The molecule has 1 aliphatic rings. The van der Waals surface area contributed by atoms with Crippen LogP contribution in [0.4, 0.5) is 0 Å². The lowest BCUT2D eigenvalue weighted by molar-refractivity contribution is 0.0478. The molecular weight excluding hydrogens is 154 g/mol. The maximum atomic E-state index is 8.99. The zero-order chi connectivity index (χ0) is 8.97. The Morgan fingerprint density at radius 3 is 2.67 bits per heavy atom. The molecule has 3 heteroatoms. The van der Waals surface area contributed by atoms with Gasteiger partial charge in [-0.15, -0.1) is 0 Å². The van der Waals surface area contributed by atoms with Crippen LogP contribution >= 0.6 is 0 Å². The summed E-state index contributed by atoms with van der Waals surface area (Å²) < 4.78 is 5.36. The Kier molecular flexibility index (Phi) is 3.98. The van der Waals surface area contributed by atoms with Crippen molar-refractivity contribution < 1.29 is 9.84 Å². The van der Waals surface area contributed by atoms with Crippen LogP contribution in [0.1, 0.15) is 26.7 Å². The van der Waals surface area contributed by atoms with Gasteiger partial charge in [-0.05, 0) is 26.7 Å². The molecule has 0 atom stereocenters. The van der Waals surface area contributed by atoms with Crippen molar-refractivity contribution in [2.75, 3.05) is 13.2 Å². The molecule has 0 aliphatic heterocycles. The van der Waals surface area contributed by atoms with Crippen molar-refractivity contribution in [2.24, 2.45) is 0 Å². The average molecular weight is 173 g/mol. The SMILES string of the molecule is CC(C)OCCNC1CC(O)C1. The summed E-state index contributed by atoms with van der Waals surface area (Å²) in [6, 6.07) is 0.524. The zero-order valence-corrected chi connectivity index (χ0v) is 7.92. The number of aliphatic hydroxyl groups excluding tert-OH is 1. The summed E-state index contributed by atoms with van der Waals surface area (Å²) in [5.74, 6) is 0. The van der Waals surface area contributed by atoms with E-state index in [1.54, 1.807) is 0 Å². The fraction of sp³-hybridized carbons (Fsp3) is 1.00. The smallest absolute Gasteiger partial charge is 0.0594 e. The van der Waals surface area contributed by atoms with Crippen LogP contribution in [-0.4, -0.2) is 36.5 Å². The minimum Gasteiger partial charge on any atom is -0.393 e. The molecule has 1 saturated carbocycles. The summed E-state index contributed by atoms with van der Waals surface area (Å²) in [5, 5.41) is 12.3. The summed E-state index contributed by atoms with van der Waals surface area (Å²) >= 11 is 0. The van der Waals surface area contributed by atoms with Crippen molar-refractivity contribution in [3.63, 3.8) is 0 Å². The van der Waals surface area contributed by atoms with Crippen molar-refractivity contribution in [2.45, 2.75) is 44.9 Å². The van der Waals surface area contributed by atoms with E-state index in [0.717, 1.165) is 26.0 Å². The lowest BCUT2D eigenvalue weighted by atomic mass is 9.90. The van der Waals surface area contributed by atoms with Crippen LogP contribution in [0.3, 0.4) is 0 Å². The molecule has 0 amide bonds. The van der Waals surface area contributed by atoms with Gasteiger partial charge in [0.05, 0.1) is 18.8 Å². The Morgan fingerprint density at radius 2 is 2.17 bits per heavy atom. The highest BCUT2D eigenvalue weighted by atomic mass is 16.5. The third-order valence-electron chi connectivity index (χ3n) is 2.10. The largest absolute Gasteiger partial charge is 0.393 e. The molecule has 0 heterocycles. The minimum absolute atomic E-state index is 0.0616.